The number of hydrogen-bond acceptors (Lipinski definition) is 7. The van der Waals surface area contributed by atoms with Crippen LogP contribution in [0.15, 0.2) is 47.1 Å². The van der Waals surface area contributed by atoms with E-state index in [9.17, 15) is 9.79 Å². The Morgan fingerprint density at radius 2 is 1.29 bits per heavy atom. The molecular formula is C19H38O7P2. The summed E-state index contributed by atoms with van der Waals surface area (Å²) in [6, 6.07) is 0. The Morgan fingerprint density at radius 1 is 0.714 bits per heavy atom. The molecule has 0 bridgehead atoms. The van der Waals surface area contributed by atoms with Gasteiger partial charge < -0.3 is 0 Å². The van der Waals surface area contributed by atoms with Crippen molar-refractivity contribution in [3.8, 4) is 0 Å². The van der Waals surface area contributed by atoms with Crippen LogP contribution in [0.25, 0.3) is 0 Å². The van der Waals surface area contributed by atoms with Crippen LogP contribution in [-0.4, -0.2) is 31.1 Å². The minimum atomic E-state index is -5.03. The molecule has 0 aromatic rings. The molecule has 0 aliphatic rings. The van der Waals surface area contributed by atoms with E-state index in [0.29, 0.717) is 0 Å². The van der Waals surface area contributed by atoms with E-state index < -0.39 is 16.3 Å². The van der Waals surface area contributed by atoms with Gasteiger partial charge in [0.05, 0.1) is 0 Å². The van der Waals surface area contributed by atoms with Crippen LogP contribution in [0.4, 0.5) is 0 Å². The van der Waals surface area contributed by atoms with Crippen molar-refractivity contribution in [2.75, 3.05) is 6.61 Å². The molecule has 0 saturated heterocycles. The molecule has 0 rings (SSSR count). The Labute approximate surface area is 170 Å². The second-order valence-corrected chi connectivity index (χ2v) is 10.4. The van der Waals surface area contributed by atoms with Crippen molar-refractivity contribution in [2.45, 2.75) is 66.2 Å². The molecule has 0 aliphatic heterocycles. The summed E-state index contributed by atoms with van der Waals surface area (Å²) >= 11 is 0. The summed E-state index contributed by atoms with van der Waals surface area (Å²) in [6.45, 7) is 8.07. The van der Waals surface area contributed by atoms with E-state index in [1.807, 2.05) is 6.92 Å². The van der Waals surface area contributed by atoms with Crippen LogP contribution < -0.4 is 0 Å². The van der Waals surface area contributed by atoms with E-state index in [4.69, 9.17) is 14.7 Å². The summed E-state index contributed by atoms with van der Waals surface area (Å²) in [5, 5.41) is 0. The zero-order valence-corrected chi connectivity index (χ0v) is 19.4. The van der Waals surface area contributed by atoms with E-state index in [1.165, 1.54) is 11.1 Å². The van der Waals surface area contributed by atoms with Gasteiger partial charge in [0.2, 0.25) is 0 Å². The molecule has 0 aromatic heterocycles. The molecule has 0 saturated carbocycles. The summed E-state index contributed by atoms with van der Waals surface area (Å²) in [4.78, 5) is 44.8. The summed E-state index contributed by atoms with van der Waals surface area (Å²) < 4.78 is 8.67. The first kappa shape index (κ1) is 27.5. The zero-order valence-electron chi connectivity index (χ0n) is 17.4. The van der Waals surface area contributed by atoms with Gasteiger partial charge in [-0.15, -0.1) is 0 Å². The van der Waals surface area contributed by atoms with Crippen LogP contribution in [0.5, 0.6) is 0 Å². The third-order valence-corrected chi connectivity index (χ3v) is 6.46. The second kappa shape index (κ2) is 14.5. The molecule has 0 aliphatic carbocycles. The van der Waals surface area contributed by atoms with Gasteiger partial charge in [-0.2, -0.15) is 0 Å². The SMILES string of the molecule is CC(C)=CCC/C=C/CC/C(C)=C/CC/C(C)=C/CO[PH](O)(O)O[PH](O)(O)O. The average Bonchev–Trinajstić information content (AvgIpc) is 2.51. The topological polar surface area (TPSA) is 120 Å². The molecule has 0 aromatic carbocycles. The van der Waals surface area contributed by atoms with Crippen molar-refractivity contribution in [3.05, 3.63) is 47.1 Å². The minimum absolute atomic E-state index is 0.157. The van der Waals surface area contributed by atoms with Gasteiger partial charge in [-0.1, -0.05) is 11.6 Å². The van der Waals surface area contributed by atoms with Crippen molar-refractivity contribution >= 4 is 16.3 Å². The third kappa shape index (κ3) is 18.9. The summed E-state index contributed by atoms with van der Waals surface area (Å²) in [6.07, 6.45) is 16.4. The van der Waals surface area contributed by atoms with Gasteiger partial charge in [0.1, 0.15) is 0 Å². The Morgan fingerprint density at radius 3 is 1.89 bits per heavy atom. The van der Waals surface area contributed by atoms with E-state index in [2.05, 4.69) is 53.9 Å². The van der Waals surface area contributed by atoms with Crippen LogP contribution >= 0.6 is 16.3 Å². The van der Waals surface area contributed by atoms with E-state index in [-0.39, 0.29) is 6.61 Å². The van der Waals surface area contributed by atoms with Crippen molar-refractivity contribution in [1.29, 1.82) is 0 Å². The molecule has 0 radical (unpaired) electrons. The van der Waals surface area contributed by atoms with Gasteiger partial charge >= 0.3 is 131 Å². The molecule has 28 heavy (non-hydrogen) atoms. The van der Waals surface area contributed by atoms with E-state index >= 15 is 0 Å². The van der Waals surface area contributed by atoms with Crippen molar-refractivity contribution in [1.82, 2.24) is 0 Å². The number of allylic oxidation sites excluding steroid dienone is 7. The number of hydrogen-bond donors (Lipinski definition) is 5. The predicted octanol–water partition coefficient (Wildman–Crippen LogP) is 4.56. The van der Waals surface area contributed by atoms with Gasteiger partial charge in [-0.05, 0) is 26.7 Å². The molecular weight excluding hydrogens is 402 g/mol. The molecule has 0 atom stereocenters. The molecule has 7 nitrogen and oxygen atoms in total. The number of rotatable bonds is 14. The molecule has 9 heteroatoms. The average molecular weight is 440 g/mol. The summed E-state index contributed by atoms with van der Waals surface area (Å²) in [7, 11) is -9.77. The van der Waals surface area contributed by atoms with E-state index in [1.54, 1.807) is 6.08 Å². The first-order chi connectivity index (χ1) is 12.9. The third-order valence-electron chi connectivity index (χ3n) is 3.76. The van der Waals surface area contributed by atoms with Crippen molar-refractivity contribution in [3.63, 3.8) is 0 Å². The van der Waals surface area contributed by atoms with Gasteiger partial charge in [0.25, 0.3) is 0 Å². The maximum atomic E-state index is 9.34. The summed E-state index contributed by atoms with van der Waals surface area (Å²) in [5.74, 6) is 0. The molecule has 0 heterocycles. The fourth-order valence-corrected chi connectivity index (χ4v) is 4.23. The molecule has 166 valence electrons. The molecule has 5 N–H and O–H groups in total. The van der Waals surface area contributed by atoms with Crippen LogP contribution in [-0.2, 0) is 8.83 Å². The van der Waals surface area contributed by atoms with Crippen LogP contribution in [0.1, 0.15) is 66.2 Å². The predicted molar refractivity (Wildman–Crippen MR) is 119 cm³/mol. The van der Waals surface area contributed by atoms with Crippen molar-refractivity contribution in [2.24, 2.45) is 0 Å². The Balaban J connectivity index is 4.04. The van der Waals surface area contributed by atoms with Crippen LogP contribution in [0, 0.1) is 0 Å². The summed E-state index contributed by atoms with van der Waals surface area (Å²) in [5.41, 5.74) is 3.68. The first-order valence-electron chi connectivity index (χ1n) is 9.47. The number of unbranched alkanes of at least 4 members (excludes halogenated alkanes) is 1. The molecule has 0 unspecified atom stereocenters. The Bertz CT molecular complexity index is 557. The Kier molecular flexibility index (Phi) is 14.3. The van der Waals surface area contributed by atoms with Crippen molar-refractivity contribution < 1.29 is 33.3 Å². The van der Waals surface area contributed by atoms with Crippen LogP contribution in [0.2, 0.25) is 0 Å². The molecule has 0 fully saturated rings. The normalized spacial score (nSPS) is 15.2. The first-order valence-corrected chi connectivity index (χ1v) is 12.9. The van der Waals surface area contributed by atoms with Crippen LogP contribution in [0.3, 0.4) is 0 Å². The van der Waals surface area contributed by atoms with E-state index in [0.717, 1.165) is 44.1 Å². The molecule has 0 amide bonds. The zero-order chi connectivity index (χ0) is 21.6. The van der Waals surface area contributed by atoms with Gasteiger partial charge in [0.15, 0.2) is 0 Å². The second-order valence-electron chi connectivity index (χ2n) is 7.04. The quantitative estimate of drug-likeness (QED) is 0.153. The monoisotopic (exact) mass is 440 g/mol. The van der Waals surface area contributed by atoms with Gasteiger partial charge in [0, 0.05) is 0 Å². The fraction of sp³-hybridized carbons (Fsp3) is 0.579. The van der Waals surface area contributed by atoms with Gasteiger partial charge in [-0.3, -0.25) is 0 Å². The fourth-order valence-electron chi connectivity index (χ4n) is 2.27. The molecule has 0 spiro atoms. The van der Waals surface area contributed by atoms with Gasteiger partial charge in [-0.25, -0.2) is 0 Å². The maximum absolute atomic E-state index is 9.34. The Hall–Kier alpha value is -0.460. The standard InChI is InChI=1S/C19H38O7P2/c1-17(2)11-8-6-5-7-9-12-18(3)13-10-14-19(4)15-16-25-28(23,24)26-27(20,21)22/h5,7,11,13,15,20-24,27-28H,6,8-10,12,14,16H2,1-4H3/b7-5+,18-13+,19-15+.